The van der Waals surface area contributed by atoms with E-state index in [1.807, 2.05) is 13.8 Å². The highest BCUT2D eigenvalue weighted by Crippen LogP contribution is 2.29. The summed E-state index contributed by atoms with van der Waals surface area (Å²) in [6.45, 7) is 4.39. The molecule has 1 N–H and O–H groups in total. The van der Waals surface area contributed by atoms with Crippen molar-refractivity contribution in [1.82, 2.24) is 15.1 Å². The highest BCUT2D eigenvalue weighted by molar-refractivity contribution is 5.81. The molecule has 0 bridgehead atoms. The fraction of sp³-hybridized carbons (Fsp3) is 0.556. The minimum atomic E-state index is -0.291. The predicted molar refractivity (Wildman–Crippen MR) is 90.7 cm³/mol. The van der Waals surface area contributed by atoms with Gasteiger partial charge in [0, 0.05) is 24.2 Å². The summed E-state index contributed by atoms with van der Waals surface area (Å²) in [5.74, 6) is -0.464. The van der Waals surface area contributed by atoms with E-state index in [1.54, 1.807) is 35.0 Å². The maximum absolute atomic E-state index is 13.9. The fourth-order valence-electron chi connectivity index (χ4n) is 2.61. The molecule has 5 nitrogen and oxygen atoms in total. The molecule has 1 fully saturated rings. The van der Waals surface area contributed by atoms with E-state index in [0.717, 1.165) is 12.8 Å². The number of hydrogen-bond donors (Lipinski definition) is 1. The number of carbonyl (C=O) groups excluding carboxylic acids is 2. The van der Waals surface area contributed by atoms with Crippen LogP contribution in [0.15, 0.2) is 24.3 Å². The normalized spacial score (nSPS) is 14.1. The van der Waals surface area contributed by atoms with Gasteiger partial charge in [-0.2, -0.15) is 0 Å². The molecule has 1 aromatic rings. The lowest BCUT2D eigenvalue weighted by molar-refractivity contribution is -0.134. The van der Waals surface area contributed by atoms with Gasteiger partial charge in [-0.15, -0.1) is 0 Å². The first kappa shape index (κ1) is 18.4. The average molecular weight is 335 g/mol. The van der Waals surface area contributed by atoms with Gasteiger partial charge in [-0.25, -0.2) is 4.39 Å². The van der Waals surface area contributed by atoms with Crippen molar-refractivity contribution in [3.05, 3.63) is 35.6 Å². The first-order valence-electron chi connectivity index (χ1n) is 8.37. The second-order valence-corrected chi connectivity index (χ2v) is 6.74. The number of rotatable bonds is 8. The van der Waals surface area contributed by atoms with Crippen LogP contribution in [0.25, 0.3) is 0 Å². The molecule has 1 aliphatic carbocycles. The Balaban J connectivity index is 1.92. The minimum Gasteiger partial charge on any atom is -0.353 e. The minimum absolute atomic E-state index is 0.0689. The molecule has 0 aromatic heterocycles. The Hall–Kier alpha value is -1.95. The summed E-state index contributed by atoms with van der Waals surface area (Å²) in [4.78, 5) is 27.8. The zero-order valence-electron chi connectivity index (χ0n) is 14.6. The van der Waals surface area contributed by atoms with Crippen LogP contribution in [0, 0.1) is 5.82 Å². The van der Waals surface area contributed by atoms with E-state index in [2.05, 4.69) is 5.32 Å². The summed E-state index contributed by atoms with van der Waals surface area (Å²) in [7, 11) is 1.74. The van der Waals surface area contributed by atoms with E-state index >= 15 is 0 Å². The van der Waals surface area contributed by atoms with Crippen molar-refractivity contribution in [2.24, 2.45) is 0 Å². The van der Waals surface area contributed by atoms with E-state index in [9.17, 15) is 14.0 Å². The lowest BCUT2D eigenvalue weighted by atomic mass is 10.2. The monoisotopic (exact) mass is 335 g/mol. The van der Waals surface area contributed by atoms with E-state index in [0.29, 0.717) is 5.56 Å². The van der Waals surface area contributed by atoms with Crippen molar-refractivity contribution in [3.63, 3.8) is 0 Å². The summed E-state index contributed by atoms with van der Waals surface area (Å²) in [5.41, 5.74) is 0.526. The Bertz CT molecular complexity index is 587. The Morgan fingerprint density at radius 1 is 1.25 bits per heavy atom. The summed E-state index contributed by atoms with van der Waals surface area (Å²) in [5, 5.41) is 2.80. The van der Waals surface area contributed by atoms with Crippen LogP contribution in [0.4, 0.5) is 4.39 Å². The maximum atomic E-state index is 13.9. The second-order valence-electron chi connectivity index (χ2n) is 6.74. The van der Waals surface area contributed by atoms with Gasteiger partial charge >= 0.3 is 0 Å². The maximum Gasteiger partial charge on any atom is 0.237 e. The summed E-state index contributed by atoms with van der Waals surface area (Å²) >= 11 is 0. The number of likely N-dealkylation sites (N-methyl/N-ethyl adjacent to an activating group) is 1. The molecule has 6 heteroatoms. The van der Waals surface area contributed by atoms with Gasteiger partial charge < -0.3 is 10.2 Å². The first-order chi connectivity index (χ1) is 11.4. The molecule has 0 atom stereocenters. The van der Waals surface area contributed by atoms with Crippen LogP contribution < -0.4 is 5.32 Å². The number of hydrogen-bond acceptors (Lipinski definition) is 3. The first-order valence-corrected chi connectivity index (χ1v) is 8.37. The van der Waals surface area contributed by atoms with Crippen LogP contribution in [-0.2, 0) is 16.1 Å². The highest BCUT2D eigenvalue weighted by atomic mass is 19.1. The molecule has 0 saturated heterocycles. The largest absolute Gasteiger partial charge is 0.353 e. The Labute approximate surface area is 142 Å². The molecule has 0 aliphatic heterocycles. The lowest BCUT2D eigenvalue weighted by Crippen LogP contribution is -2.44. The molecule has 0 heterocycles. The second kappa shape index (κ2) is 8.24. The standard InChI is InChI=1S/C18H26FN3O2/c1-13(2)20-17(23)11-21(3)12-18(24)22(15-8-9-15)10-14-6-4-5-7-16(14)19/h4-7,13,15H,8-12H2,1-3H3,(H,20,23). The van der Waals surface area contributed by atoms with Crippen molar-refractivity contribution in [2.45, 2.75) is 45.3 Å². The van der Waals surface area contributed by atoms with E-state index in [-0.39, 0.29) is 49.3 Å². The topological polar surface area (TPSA) is 52.7 Å². The van der Waals surface area contributed by atoms with Gasteiger partial charge in [0.15, 0.2) is 0 Å². The molecule has 1 aliphatic rings. The molecule has 0 radical (unpaired) electrons. The van der Waals surface area contributed by atoms with Crippen LogP contribution in [0.2, 0.25) is 0 Å². The fourth-order valence-corrected chi connectivity index (χ4v) is 2.61. The van der Waals surface area contributed by atoms with Crippen molar-refractivity contribution < 1.29 is 14.0 Å². The van der Waals surface area contributed by atoms with Crippen molar-refractivity contribution in [2.75, 3.05) is 20.1 Å². The predicted octanol–water partition coefficient (Wildman–Crippen LogP) is 1.77. The number of benzene rings is 1. The molecule has 2 amide bonds. The molecule has 1 aromatic carbocycles. The van der Waals surface area contributed by atoms with Crippen LogP contribution in [0.3, 0.4) is 0 Å². The Kier molecular flexibility index (Phi) is 6.31. The van der Waals surface area contributed by atoms with Gasteiger partial charge in [-0.1, -0.05) is 18.2 Å². The number of nitrogens with zero attached hydrogens (tertiary/aromatic N) is 2. The van der Waals surface area contributed by atoms with Gasteiger partial charge in [-0.05, 0) is 39.8 Å². The van der Waals surface area contributed by atoms with Crippen LogP contribution >= 0.6 is 0 Å². The van der Waals surface area contributed by atoms with E-state index < -0.39 is 0 Å². The zero-order chi connectivity index (χ0) is 17.7. The molecule has 0 spiro atoms. The number of nitrogens with one attached hydrogen (secondary N) is 1. The van der Waals surface area contributed by atoms with E-state index in [4.69, 9.17) is 0 Å². The highest BCUT2D eigenvalue weighted by Gasteiger charge is 2.33. The van der Waals surface area contributed by atoms with Gasteiger partial charge in [0.1, 0.15) is 5.82 Å². The molecule has 24 heavy (non-hydrogen) atoms. The molecule has 1 saturated carbocycles. The summed E-state index contributed by atoms with van der Waals surface area (Å²) in [6.07, 6.45) is 1.91. The molecule has 132 valence electrons. The van der Waals surface area contributed by atoms with Crippen LogP contribution in [0.5, 0.6) is 0 Å². The van der Waals surface area contributed by atoms with Crippen molar-refractivity contribution >= 4 is 11.8 Å². The van der Waals surface area contributed by atoms with Gasteiger partial charge in [0.05, 0.1) is 13.1 Å². The van der Waals surface area contributed by atoms with Crippen molar-refractivity contribution in [3.8, 4) is 0 Å². The van der Waals surface area contributed by atoms with Crippen LogP contribution in [0.1, 0.15) is 32.3 Å². The quantitative estimate of drug-likeness (QED) is 0.788. The van der Waals surface area contributed by atoms with Crippen molar-refractivity contribution in [1.29, 1.82) is 0 Å². The number of amides is 2. The smallest absolute Gasteiger partial charge is 0.237 e. The molecular weight excluding hydrogens is 309 g/mol. The van der Waals surface area contributed by atoms with Gasteiger partial charge in [0.2, 0.25) is 11.8 Å². The molecule has 0 unspecified atom stereocenters. The Morgan fingerprint density at radius 3 is 2.50 bits per heavy atom. The number of halogens is 1. The number of carbonyl (C=O) groups is 2. The van der Waals surface area contributed by atoms with Crippen LogP contribution in [-0.4, -0.2) is 53.8 Å². The molecule has 2 rings (SSSR count). The SMILES string of the molecule is CC(C)NC(=O)CN(C)CC(=O)N(Cc1ccccc1F)C1CC1. The average Bonchev–Trinajstić information content (AvgIpc) is 3.29. The summed E-state index contributed by atoms with van der Waals surface area (Å²) < 4.78 is 13.9. The Morgan fingerprint density at radius 2 is 1.92 bits per heavy atom. The molecular formula is C18H26FN3O2. The van der Waals surface area contributed by atoms with Gasteiger partial charge in [-0.3, -0.25) is 14.5 Å². The van der Waals surface area contributed by atoms with Gasteiger partial charge in [0.25, 0.3) is 0 Å². The third-order valence-corrected chi connectivity index (χ3v) is 3.87. The van der Waals surface area contributed by atoms with E-state index in [1.165, 1.54) is 6.07 Å². The zero-order valence-corrected chi connectivity index (χ0v) is 14.6. The summed E-state index contributed by atoms with van der Waals surface area (Å²) in [6, 6.07) is 6.80. The lowest BCUT2D eigenvalue weighted by Gasteiger charge is -2.25. The third-order valence-electron chi connectivity index (χ3n) is 3.87. The third kappa shape index (κ3) is 5.60.